The molecule has 2 N–H and O–H groups in total. The van der Waals surface area contributed by atoms with E-state index in [0.717, 1.165) is 37.0 Å². The van der Waals surface area contributed by atoms with Crippen molar-refractivity contribution in [2.24, 2.45) is 5.73 Å². The van der Waals surface area contributed by atoms with Gasteiger partial charge in [-0.3, -0.25) is 0 Å². The van der Waals surface area contributed by atoms with Gasteiger partial charge in [0.15, 0.2) is 0 Å². The summed E-state index contributed by atoms with van der Waals surface area (Å²) in [7, 11) is 0. The lowest BCUT2D eigenvalue weighted by atomic mass is 9.98. The number of rotatable bonds is 5. The maximum absolute atomic E-state index is 5.96. The van der Waals surface area contributed by atoms with E-state index in [1.807, 2.05) is 25.2 Å². The molecule has 0 saturated heterocycles. The maximum atomic E-state index is 5.96. The van der Waals surface area contributed by atoms with Gasteiger partial charge in [0.05, 0.1) is 0 Å². The third kappa shape index (κ3) is 4.35. The van der Waals surface area contributed by atoms with E-state index in [4.69, 9.17) is 5.73 Å². The van der Waals surface area contributed by atoms with Crippen molar-refractivity contribution < 1.29 is 0 Å². The normalized spacial score (nSPS) is 16.6. The molecule has 0 atom stereocenters. The van der Waals surface area contributed by atoms with Crippen molar-refractivity contribution in [3.05, 3.63) is 59.9 Å². The van der Waals surface area contributed by atoms with Crippen LogP contribution < -0.4 is 5.73 Å². The van der Waals surface area contributed by atoms with E-state index >= 15 is 0 Å². The second kappa shape index (κ2) is 6.89. The summed E-state index contributed by atoms with van der Waals surface area (Å²) in [5.74, 6) is 0. The SMILES string of the molecule is C=C(/C=C\C=C/C)CCC1=C(N)CCC=C1. The molecule has 0 saturated carbocycles. The highest BCUT2D eigenvalue weighted by atomic mass is 14.6. The molecule has 0 fully saturated rings. The Morgan fingerprint density at radius 3 is 3.00 bits per heavy atom. The monoisotopic (exact) mass is 215 g/mol. The van der Waals surface area contributed by atoms with Crippen molar-refractivity contribution in [2.45, 2.75) is 32.6 Å². The molecule has 1 aliphatic carbocycles. The summed E-state index contributed by atoms with van der Waals surface area (Å²) in [6.45, 7) is 6.03. The minimum Gasteiger partial charge on any atom is -0.402 e. The molecule has 0 heterocycles. The first-order valence-corrected chi connectivity index (χ1v) is 5.85. The lowest BCUT2D eigenvalue weighted by molar-refractivity contribution is 0.866. The highest BCUT2D eigenvalue weighted by Gasteiger charge is 2.04. The van der Waals surface area contributed by atoms with Gasteiger partial charge in [0.25, 0.3) is 0 Å². The minimum atomic E-state index is 0.981. The number of allylic oxidation sites excluding steroid dienone is 9. The Hall–Kier alpha value is -1.50. The van der Waals surface area contributed by atoms with Gasteiger partial charge in [-0.15, -0.1) is 0 Å². The fourth-order valence-corrected chi connectivity index (χ4v) is 1.66. The molecular formula is C15H21N. The molecule has 0 unspecified atom stereocenters. The van der Waals surface area contributed by atoms with Gasteiger partial charge in [-0.25, -0.2) is 0 Å². The molecule has 1 aliphatic rings. The maximum Gasteiger partial charge on any atom is 0.0116 e. The van der Waals surface area contributed by atoms with Gasteiger partial charge < -0.3 is 5.73 Å². The van der Waals surface area contributed by atoms with Gasteiger partial charge in [-0.1, -0.05) is 48.6 Å². The Labute approximate surface area is 98.7 Å². The van der Waals surface area contributed by atoms with Crippen molar-refractivity contribution in [2.75, 3.05) is 0 Å². The number of nitrogens with two attached hydrogens (primary N) is 1. The van der Waals surface area contributed by atoms with Crippen LogP contribution in [0.15, 0.2) is 59.9 Å². The highest BCUT2D eigenvalue weighted by Crippen LogP contribution is 2.20. The second-order valence-electron chi connectivity index (χ2n) is 4.03. The Balaban J connectivity index is 2.40. The van der Waals surface area contributed by atoms with Crippen molar-refractivity contribution in [1.82, 2.24) is 0 Å². The van der Waals surface area contributed by atoms with Gasteiger partial charge >= 0.3 is 0 Å². The first-order chi connectivity index (χ1) is 7.74. The predicted molar refractivity (Wildman–Crippen MR) is 71.9 cm³/mol. The average molecular weight is 215 g/mol. The van der Waals surface area contributed by atoms with Crippen LogP contribution in [0.1, 0.15) is 32.6 Å². The van der Waals surface area contributed by atoms with Crippen LogP contribution in [0.5, 0.6) is 0 Å². The molecule has 0 aromatic carbocycles. The van der Waals surface area contributed by atoms with E-state index in [9.17, 15) is 0 Å². The molecule has 0 aromatic heterocycles. The van der Waals surface area contributed by atoms with E-state index in [-0.39, 0.29) is 0 Å². The van der Waals surface area contributed by atoms with Crippen LogP contribution in [0.4, 0.5) is 0 Å². The summed E-state index contributed by atoms with van der Waals surface area (Å²) in [5, 5.41) is 0. The van der Waals surface area contributed by atoms with Crippen LogP contribution in [-0.2, 0) is 0 Å². The summed E-state index contributed by atoms with van der Waals surface area (Å²) in [4.78, 5) is 0. The standard InChI is InChI=1S/C15H21N/c1-3-4-5-8-13(2)11-12-14-9-6-7-10-15(14)16/h3-6,8-9H,2,7,10-12,16H2,1H3/b4-3-,8-5-. The molecule has 0 bridgehead atoms. The van der Waals surface area contributed by atoms with Crippen LogP contribution in [0, 0.1) is 0 Å². The number of hydrogen-bond donors (Lipinski definition) is 1. The zero-order valence-electron chi connectivity index (χ0n) is 10.1. The van der Waals surface area contributed by atoms with Crippen molar-refractivity contribution in [3.8, 4) is 0 Å². The van der Waals surface area contributed by atoms with Gasteiger partial charge in [0.1, 0.15) is 0 Å². The highest BCUT2D eigenvalue weighted by molar-refractivity contribution is 5.29. The molecule has 1 rings (SSSR count). The van der Waals surface area contributed by atoms with E-state index in [1.54, 1.807) is 0 Å². The topological polar surface area (TPSA) is 26.0 Å². The smallest absolute Gasteiger partial charge is 0.0116 e. The molecule has 86 valence electrons. The van der Waals surface area contributed by atoms with Gasteiger partial charge in [-0.05, 0) is 38.2 Å². The van der Waals surface area contributed by atoms with E-state index < -0.39 is 0 Å². The predicted octanol–water partition coefficient (Wildman–Crippen LogP) is 4.02. The molecule has 0 aromatic rings. The molecular weight excluding hydrogens is 194 g/mol. The fraction of sp³-hybridized carbons (Fsp3) is 0.333. The Bertz CT molecular complexity index is 354. The van der Waals surface area contributed by atoms with E-state index in [1.165, 1.54) is 5.57 Å². The van der Waals surface area contributed by atoms with E-state index in [2.05, 4.69) is 24.8 Å². The summed E-state index contributed by atoms with van der Waals surface area (Å²) in [6, 6.07) is 0. The molecule has 1 heteroatoms. The Morgan fingerprint density at radius 2 is 2.31 bits per heavy atom. The van der Waals surface area contributed by atoms with Crippen LogP contribution >= 0.6 is 0 Å². The lowest BCUT2D eigenvalue weighted by Crippen LogP contribution is -2.04. The second-order valence-corrected chi connectivity index (χ2v) is 4.03. The third-order valence-corrected chi connectivity index (χ3v) is 2.66. The largest absolute Gasteiger partial charge is 0.402 e. The van der Waals surface area contributed by atoms with Crippen LogP contribution in [0.25, 0.3) is 0 Å². The number of hydrogen-bond acceptors (Lipinski definition) is 1. The lowest BCUT2D eigenvalue weighted by Gasteiger charge is -2.11. The summed E-state index contributed by atoms with van der Waals surface area (Å²) in [5.41, 5.74) is 9.44. The van der Waals surface area contributed by atoms with Crippen LogP contribution in [0.2, 0.25) is 0 Å². The third-order valence-electron chi connectivity index (χ3n) is 2.66. The van der Waals surface area contributed by atoms with Gasteiger partial charge in [0, 0.05) is 5.70 Å². The molecule has 0 aliphatic heterocycles. The quantitative estimate of drug-likeness (QED) is 0.689. The molecule has 16 heavy (non-hydrogen) atoms. The summed E-state index contributed by atoms with van der Waals surface area (Å²) < 4.78 is 0. The van der Waals surface area contributed by atoms with Gasteiger partial charge in [0.2, 0.25) is 0 Å². The first kappa shape index (κ1) is 12.6. The average Bonchev–Trinajstić information content (AvgIpc) is 2.28. The zero-order valence-corrected chi connectivity index (χ0v) is 10.1. The first-order valence-electron chi connectivity index (χ1n) is 5.85. The summed E-state index contributed by atoms with van der Waals surface area (Å²) in [6.07, 6.45) is 16.5. The molecule has 0 amide bonds. The van der Waals surface area contributed by atoms with Crippen molar-refractivity contribution in [1.29, 1.82) is 0 Å². The van der Waals surface area contributed by atoms with E-state index in [0.29, 0.717) is 0 Å². The van der Waals surface area contributed by atoms with Crippen molar-refractivity contribution in [3.63, 3.8) is 0 Å². The molecule has 0 spiro atoms. The summed E-state index contributed by atoms with van der Waals surface area (Å²) >= 11 is 0. The Morgan fingerprint density at radius 1 is 1.50 bits per heavy atom. The molecule has 0 radical (unpaired) electrons. The molecule has 1 nitrogen and oxygen atoms in total. The Kier molecular flexibility index (Phi) is 5.41. The fourth-order valence-electron chi connectivity index (χ4n) is 1.66. The minimum absolute atomic E-state index is 0.981. The van der Waals surface area contributed by atoms with Gasteiger partial charge in [-0.2, -0.15) is 0 Å². The van der Waals surface area contributed by atoms with Crippen molar-refractivity contribution >= 4 is 0 Å². The van der Waals surface area contributed by atoms with Crippen LogP contribution in [0.3, 0.4) is 0 Å². The zero-order chi connectivity index (χ0) is 11.8. The van der Waals surface area contributed by atoms with Crippen LogP contribution in [-0.4, -0.2) is 0 Å².